The summed E-state index contributed by atoms with van der Waals surface area (Å²) in [6.07, 6.45) is 0. The standard InChI is InChI=1S/C16H12Cl2N2O2S/c17-11-5-6-14(12(18)9-11)22-10-16(21)20-13-3-1-2-4-15(13)23-8-7-19/h1-6,9H,8,10H2,(H,20,21). The molecule has 0 atom stereocenters. The molecular weight excluding hydrogens is 355 g/mol. The highest BCUT2D eigenvalue weighted by Gasteiger charge is 2.09. The van der Waals surface area contributed by atoms with E-state index in [0.29, 0.717) is 27.2 Å². The molecule has 4 nitrogen and oxygen atoms in total. The molecule has 0 heterocycles. The van der Waals surface area contributed by atoms with Gasteiger partial charge in [-0.25, -0.2) is 0 Å². The van der Waals surface area contributed by atoms with Crippen molar-refractivity contribution in [3.8, 4) is 11.8 Å². The number of nitriles is 1. The Balaban J connectivity index is 1.96. The van der Waals surface area contributed by atoms with Crippen molar-refractivity contribution in [2.75, 3.05) is 17.7 Å². The summed E-state index contributed by atoms with van der Waals surface area (Å²) in [5, 5.41) is 12.3. The van der Waals surface area contributed by atoms with E-state index in [1.165, 1.54) is 11.8 Å². The molecule has 1 N–H and O–H groups in total. The van der Waals surface area contributed by atoms with Gasteiger partial charge in [0.2, 0.25) is 0 Å². The molecule has 0 aliphatic heterocycles. The number of halogens is 2. The number of benzene rings is 2. The zero-order valence-corrected chi connectivity index (χ0v) is 14.2. The number of rotatable bonds is 6. The molecule has 0 aliphatic carbocycles. The molecule has 0 spiro atoms. The van der Waals surface area contributed by atoms with Gasteiger partial charge in [0.1, 0.15) is 5.75 Å². The van der Waals surface area contributed by atoms with Crippen molar-refractivity contribution in [3.05, 3.63) is 52.5 Å². The van der Waals surface area contributed by atoms with Gasteiger partial charge in [0.05, 0.1) is 22.5 Å². The van der Waals surface area contributed by atoms with Crippen molar-refractivity contribution in [1.29, 1.82) is 5.26 Å². The Hall–Kier alpha value is -1.87. The Labute approximate surface area is 148 Å². The quantitative estimate of drug-likeness (QED) is 0.757. The van der Waals surface area contributed by atoms with Gasteiger partial charge in [-0.3, -0.25) is 4.79 Å². The first kappa shape index (κ1) is 17.5. The SMILES string of the molecule is N#CCSc1ccccc1NC(=O)COc1ccc(Cl)cc1Cl. The summed E-state index contributed by atoms with van der Waals surface area (Å²) in [5.41, 5.74) is 0.642. The summed E-state index contributed by atoms with van der Waals surface area (Å²) in [5.74, 6) is 0.378. The number of anilines is 1. The van der Waals surface area contributed by atoms with Gasteiger partial charge in [0, 0.05) is 9.92 Å². The van der Waals surface area contributed by atoms with Gasteiger partial charge < -0.3 is 10.1 Å². The molecule has 0 aliphatic rings. The number of amides is 1. The van der Waals surface area contributed by atoms with E-state index < -0.39 is 0 Å². The molecule has 0 unspecified atom stereocenters. The Morgan fingerprint density at radius 3 is 2.78 bits per heavy atom. The third-order valence-electron chi connectivity index (χ3n) is 2.71. The molecule has 0 radical (unpaired) electrons. The minimum absolute atomic E-state index is 0.182. The first-order valence-electron chi connectivity index (χ1n) is 6.56. The molecule has 2 rings (SSSR count). The Morgan fingerprint density at radius 2 is 2.04 bits per heavy atom. The maximum absolute atomic E-state index is 12.0. The predicted molar refractivity (Wildman–Crippen MR) is 93.4 cm³/mol. The van der Waals surface area contributed by atoms with Crippen molar-refractivity contribution in [2.45, 2.75) is 4.90 Å². The lowest BCUT2D eigenvalue weighted by Gasteiger charge is -2.11. The second-order valence-corrected chi connectivity index (χ2v) is 6.22. The number of nitrogens with one attached hydrogen (secondary N) is 1. The fourth-order valence-electron chi connectivity index (χ4n) is 1.73. The first-order valence-corrected chi connectivity index (χ1v) is 8.31. The van der Waals surface area contributed by atoms with Crippen LogP contribution < -0.4 is 10.1 Å². The average molecular weight is 367 g/mol. The van der Waals surface area contributed by atoms with Crippen LogP contribution in [-0.2, 0) is 4.79 Å². The molecule has 1 amide bonds. The van der Waals surface area contributed by atoms with Crippen LogP contribution in [0, 0.1) is 11.3 Å². The van der Waals surface area contributed by atoms with Crippen molar-refractivity contribution >= 4 is 46.6 Å². The van der Waals surface area contributed by atoms with Gasteiger partial charge in [0.25, 0.3) is 5.91 Å². The largest absolute Gasteiger partial charge is 0.482 e. The van der Waals surface area contributed by atoms with E-state index in [9.17, 15) is 4.79 Å². The van der Waals surface area contributed by atoms with Crippen LogP contribution >= 0.6 is 35.0 Å². The lowest BCUT2D eigenvalue weighted by atomic mass is 10.3. The molecule has 0 aromatic heterocycles. The minimum atomic E-state index is -0.318. The average Bonchev–Trinajstić information content (AvgIpc) is 2.53. The number of carbonyl (C=O) groups excluding carboxylic acids is 1. The lowest BCUT2D eigenvalue weighted by Crippen LogP contribution is -2.20. The number of nitrogens with zero attached hydrogens (tertiary/aromatic N) is 1. The van der Waals surface area contributed by atoms with Gasteiger partial charge in [-0.1, -0.05) is 35.3 Å². The van der Waals surface area contributed by atoms with E-state index >= 15 is 0 Å². The second-order valence-electron chi connectivity index (χ2n) is 4.35. The fourth-order valence-corrected chi connectivity index (χ4v) is 2.86. The summed E-state index contributed by atoms with van der Waals surface area (Å²) < 4.78 is 5.39. The molecule has 118 valence electrons. The number of hydrogen-bond acceptors (Lipinski definition) is 4. The van der Waals surface area contributed by atoms with Crippen LogP contribution in [0.4, 0.5) is 5.69 Å². The molecule has 0 saturated heterocycles. The number of carbonyl (C=O) groups is 1. The summed E-state index contributed by atoms with van der Waals surface area (Å²) >= 11 is 13.1. The number of thioether (sulfide) groups is 1. The molecule has 0 saturated carbocycles. The predicted octanol–water partition coefficient (Wildman–Crippen LogP) is 4.63. The van der Waals surface area contributed by atoms with Gasteiger partial charge in [-0.15, -0.1) is 11.8 Å². The van der Waals surface area contributed by atoms with E-state index in [1.807, 2.05) is 18.2 Å². The number of para-hydroxylation sites is 1. The molecule has 0 fully saturated rings. The molecular formula is C16H12Cl2N2O2S. The molecule has 7 heteroatoms. The van der Waals surface area contributed by atoms with Crippen molar-refractivity contribution in [3.63, 3.8) is 0 Å². The minimum Gasteiger partial charge on any atom is -0.482 e. The summed E-state index contributed by atoms with van der Waals surface area (Å²) in [6, 6.07) is 14.1. The van der Waals surface area contributed by atoms with E-state index in [4.69, 9.17) is 33.2 Å². The van der Waals surface area contributed by atoms with Crippen molar-refractivity contribution in [2.24, 2.45) is 0 Å². The smallest absolute Gasteiger partial charge is 0.262 e. The third-order valence-corrected chi connectivity index (χ3v) is 4.18. The van der Waals surface area contributed by atoms with Crippen LogP contribution in [0.5, 0.6) is 5.75 Å². The maximum atomic E-state index is 12.0. The van der Waals surface area contributed by atoms with Gasteiger partial charge >= 0.3 is 0 Å². The number of ether oxygens (including phenoxy) is 1. The van der Waals surface area contributed by atoms with E-state index in [0.717, 1.165) is 4.90 Å². The topological polar surface area (TPSA) is 62.1 Å². The van der Waals surface area contributed by atoms with Crippen molar-refractivity contribution in [1.82, 2.24) is 0 Å². The third kappa shape index (κ3) is 5.36. The normalized spacial score (nSPS) is 9.96. The van der Waals surface area contributed by atoms with Crippen LogP contribution in [0.3, 0.4) is 0 Å². The Bertz CT molecular complexity index is 747. The lowest BCUT2D eigenvalue weighted by molar-refractivity contribution is -0.118. The highest BCUT2D eigenvalue weighted by molar-refractivity contribution is 7.99. The summed E-state index contributed by atoms with van der Waals surface area (Å²) in [4.78, 5) is 12.8. The Kier molecular flexibility index (Phi) is 6.60. The monoisotopic (exact) mass is 366 g/mol. The zero-order chi connectivity index (χ0) is 16.7. The maximum Gasteiger partial charge on any atom is 0.262 e. The van der Waals surface area contributed by atoms with Crippen LogP contribution in [0.25, 0.3) is 0 Å². The van der Waals surface area contributed by atoms with Gasteiger partial charge in [-0.05, 0) is 30.3 Å². The van der Waals surface area contributed by atoms with Gasteiger partial charge in [0.15, 0.2) is 6.61 Å². The molecule has 0 bridgehead atoms. The molecule has 2 aromatic carbocycles. The zero-order valence-electron chi connectivity index (χ0n) is 11.9. The highest BCUT2D eigenvalue weighted by atomic mass is 35.5. The molecule has 2 aromatic rings. The Morgan fingerprint density at radius 1 is 1.26 bits per heavy atom. The van der Waals surface area contributed by atoms with E-state index in [1.54, 1.807) is 24.3 Å². The summed E-state index contributed by atoms with van der Waals surface area (Å²) in [6.45, 7) is -0.182. The summed E-state index contributed by atoms with van der Waals surface area (Å²) in [7, 11) is 0. The fraction of sp³-hybridized carbons (Fsp3) is 0.125. The number of hydrogen-bond donors (Lipinski definition) is 1. The second kappa shape index (κ2) is 8.68. The van der Waals surface area contributed by atoms with Gasteiger partial charge in [-0.2, -0.15) is 5.26 Å². The van der Waals surface area contributed by atoms with Crippen LogP contribution in [0.1, 0.15) is 0 Å². The van der Waals surface area contributed by atoms with Crippen LogP contribution in [0.2, 0.25) is 10.0 Å². The van der Waals surface area contributed by atoms with E-state index in [-0.39, 0.29) is 12.5 Å². The highest BCUT2D eigenvalue weighted by Crippen LogP contribution is 2.28. The first-order chi connectivity index (χ1) is 11.1. The van der Waals surface area contributed by atoms with E-state index in [2.05, 4.69) is 11.4 Å². The van der Waals surface area contributed by atoms with Crippen LogP contribution in [0.15, 0.2) is 47.4 Å². The van der Waals surface area contributed by atoms with Crippen molar-refractivity contribution < 1.29 is 9.53 Å². The molecule has 23 heavy (non-hydrogen) atoms. The van der Waals surface area contributed by atoms with Crippen LogP contribution in [-0.4, -0.2) is 18.3 Å².